The van der Waals surface area contributed by atoms with Gasteiger partial charge in [-0.2, -0.15) is 5.26 Å². The van der Waals surface area contributed by atoms with Crippen LogP contribution in [0.25, 0.3) is 11.1 Å². The van der Waals surface area contributed by atoms with Crippen LogP contribution in [-0.4, -0.2) is 9.85 Å². The Labute approximate surface area is 118 Å². The normalized spacial score (nSPS) is 11.4. The molecule has 0 fully saturated rings. The highest BCUT2D eigenvalue weighted by molar-refractivity contribution is 5.83. The SMILES string of the molecule is N#Cc1cc([N+](=O)[O-])cc2c1-c1ccc([N+](=O)[O-])cc1C2. The smallest absolute Gasteiger partial charge is 0.258 e. The van der Waals surface area contributed by atoms with Crippen LogP contribution in [0, 0.1) is 31.6 Å². The molecule has 0 saturated heterocycles. The van der Waals surface area contributed by atoms with Gasteiger partial charge in [-0.1, -0.05) is 0 Å². The molecule has 0 heterocycles. The molecule has 0 bridgehead atoms. The third-order valence-corrected chi connectivity index (χ3v) is 3.49. The third kappa shape index (κ3) is 1.90. The third-order valence-electron chi connectivity index (χ3n) is 3.49. The van der Waals surface area contributed by atoms with E-state index in [9.17, 15) is 25.5 Å². The van der Waals surface area contributed by atoms with Gasteiger partial charge in [-0.15, -0.1) is 0 Å². The molecule has 7 heteroatoms. The molecular weight excluding hydrogens is 274 g/mol. The van der Waals surface area contributed by atoms with Gasteiger partial charge >= 0.3 is 0 Å². The van der Waals surface area contributed by atoms with Crippen molar-refractivity contribution in [3.63, 3.8) is 0 Å². The maximum Gasteiger partial charge on any atom is 0.271 e. The molecule has 102 valence electrons. The standard InChI is InChI=1S/C14H7N3O4/c15-7-10-6-12(17(20)21)5-9-3-8-4-11(16(18)19)1-2-13(8)14(9)10/h1-2,4-6H,3H2. The van der Waals surface area contributed by atoms with Crippen LogP contribution in [0.15, 0.2) is 30.3 Å². The van der Waals surface area contributed by atoms with Crippen LogP contribution in [0.5, 0.6) is 0 Å². The summed E-state index contributed by atoms with van der Waals surface area (Å²) in [4.78, 5) is 20.7. The lowest BCUT2D eigenvalue weighted by Crippen LogP contribution is -1.93. The number of nitriles is 1. The predicted molar refractivity (Wildman–Crippen MR) is 72.7 cm³/mol. The van der Waals surface area contributed by atoms with Crippen LogP contribution in [0.3, 0.4) is 0 Å². The minimum absolute atomic E-state index is 0.0328. The second kappa shape index (κ2) is 4.38. The maximum atomic E-state index is 10.9. The van der Waals surface area contributed by atoms with E-state index in [-0.39, 0.29) is 16.9 Å². The number of rotatable bonds is 2. The van der Waals surface area contributed by atoms with Crippen LogP contribution in [0.4, 0.5) is 11.4 Å². The van der Waals surface area contributed by atoms with Gasteiger partial charge in [0.1, 0.15) is 6.07 Å². The van der Waals surface area contributed by atoms with Crippen LogP contribution in [0.1, 0.15) is 16.7 Å². The predicted octanol–water partition coefficient (Wildman–Crippen LogP) is 2.95. The summed E-state index contributed by atoms with van der Waals surface area (Å²) in [6.45, 7) is 0. The number of non-ortho nitro benzene ring substituents is 2. The topological polar surface area (TPSA) is 110 Å². The van der Waals surface area contributed by atoms with Gasteiger partial charge in [-0.3, -0.25) is 20.2 Å². The molecule has 0 radical (unpaired) electrons. The molecular formula is C14H7N3O4. The quantitative estimate of drug-likeness (QED) is 0.529. The van der Waals surface area contributed by atoms with E-state index in [1.807, 2.05) is 6.07 Å². The van der Waals surface area contributed by atoms with Crippen molar-refractivity contribution in [2.45, 2.75) is 6.42 Å². The summed E-state index contributed by atoms with van der Waals surface area (Å²) in [5.41, 5.74) is 2.75. The number of benzene rings is 2. The summed E-state index contributed by atoms with van der Waals surface area (Å²) < 4.78 is 0. The molecule has 1 aliphatic rings. The monoisotopic (exact) mass is 281 g/mol. The Kier molecular flexibility index (Phi) is 2.66. The first kappa shape index (κ1) is 12.7. The van der Waals surface area contributed by atoms with Crippen molar-refractivity contribution in [1.82, 2.24) is 0 Å². The zero-order valence-corrected chi connectivity index (χ0v) is 10.6. The van der Waals surface area contributed by atoms with Gasteiger partial charge in [0.2, 0.25) is 0 Å². The Hall–Kier alpha value is -3.27. The number of fused-ring (bicyclic) bond motifs is 3. The molecule has 2 aromatic rings. The second-order valence-electron chi connectivity index (χ2n) is 4.67. The van der Waals surface area contributed by atoms with Gasteiger partial charge in [0.25, 0.3) is 11.4 Å². The van der Waals surface area contributed by atoms with Crippen molar-refractivity contribution >= 4 is 11.4 Å². The fourth-order valence-electron chi connectivity index (χ4n) is 2.63. The van der Waals surface area contributed by atoms with Crippen LogP contribution in [0.2, 0.25) is 0 Å². The largest absolute Gasteiger partial charge is 0.271 e. The summed E-state index contributed by atoms with van der Waals surface area (Å²) in [5, 5.41) is 30.9. The Morgan fingerprint density at radius 2 is 1.67 bits per heavy atom. The van der Waals surface area contributed by atoms with Gasteiger partial charge in [-0.05, 0) is 29.2 Å². The van der Waals surface area contributed by atoms with E-state index in [2.05, 4.69) is 0 Å². The van der Waals surface area contributed by atoms with E-state index < -0.39 is 9.85 Å². The molecule has 0 aliphatic heterocycles. The Morgan fingerprint density at radius 1 is 1.00 bits per heavy atom. The first-order valence-corrected chi connectivity index (χ1v) is 6.00. The Balaban J connectivity index is 2.22. The summed E-state index contributed by atoms with van der Waals surface area (Å²) >= 11 is 0. The van der Waals surface area contributed by atoms with Crippen molar-refractivity contribution in [3.05, 3.63) is 67.3 Å². The zero-order chi connectivity index (χ0) is 15.1. The highest BCUT2D eigenvalue weighted by Crippen LogP contribution is 2.41. The van der Waals surface area contributed by atoms with Gasteiger partial charge in [-0.25, -0.2) is 0 Å². The fraction of sp³-hybridized carbons (Fsp3) is 0.0714. The molecule has 0 unspecified atom stereocenters. The highest BCUT2D eigenvalue weighted by Gasteiger charge is 2.26. The second-order valence-corrected chi connectivity index (χ2v) is 4.67. The number of nitrogens with zero attached hydrogens (tertiary/aromatic N) is 3. The van der Waals surface area contributed by atoms with Crippen molar-refractivity contribution in [1.29, 1.82) is 5.26 Å². The van der Waals surface area contributed by atoms with Crippen LogP contribution >= 0.6 is 0 Å². The summed E-state index contributed by atoms with van der Waals surface area (Å²) in [6.07, 6.45) is 0.350. The highest BCUT2D eigenvalue weighted by atomic mass is 16.6. The van der Waals surface area contributed by atoms with Gasteiger partial charge in [0, 0.05) is 29.8 Å². The van der Waals surface area contributed by atoms with Crippen molar-refractivity contribution in [2.75, 3.05) is 0 Å². The van der Waals surface area contributed by atoms with Gasteiger partial charge in [0.15, 0.2) is 0 Å². The number of nitro benzene ring substituents is 2. The summed E-state index contributed by atoms with van der Waals surface area (Å²) in [6, 6.07) is 9.02. The lowest BCUT2D eigenvalue weighted by Gasteiger charge is -2.03. The van der Waals surface area contributed by atoms with E-state index in [4.69, 9.17) is 0 Å². The van der Waals surface area contributed by atoms with E-state index in [0.29, 0.717) is 23.1 Å². The molecule has 21 heavy (non-hydrogen) atoms. The number of nitro groups is 2. The zero-order valence-electron chi connectivity index (χ0n) is 10.6. The average molecular weight is 281 g/mol. The molecule has 3 rings (SSSR count). The van der Waals surface area contributed by atoms with Crippen molar-refractivity contribution in [3.8, 4) is 17.2 Å². The lowest BCUT2D eigenvalue weighted by molar-refractivity contribution is -0.385. The Morgan fingerprint density at radius 3 is 2.29 bits per heavy atom. The molecule has 7 nitrogen and oxygen atoms in total. The molecule has 0 aromatic heterocycles. The van der Waals surface area contributed by atoms with E-state index in [1.54, 1.807) is 6.07 Å². The minimum atomic E-state index is -0.549. The van der Waals surface area contributed by atoms with Gasteiger partial charge < -0.3 is 0 Å². The average Bonchev–Trinajstić information content (AvgIpc) is 2.83. The first-order chi connectivity index (χ1) is 10.0. The molecule has 0 atom stereocenters. The maximum absolute atomic E-state index is 10.9. The van der Waals surface area contributed by atoms with Crippen molar-refractivity contribution in [2.24, 2.45) is 0 Å². The fourth-order valence-corrected chi connectivity index (χ4v) is 2.63. The lowest BCUT2D eigenvalue weighted by atomic mass is 9.99. The van der Waals surface area contributed by atoms with E-state index in [0.717, 1.165) is 5.56 Å². The van der Waals surface area contributed by atoms with Crippen molar-refractivity contribution < 1.29 is 9.85 Å². The number of hydrogen-bond donors (Lipinski definition) is 0. The molecule has 0 N–H and O–H groups in total. The van der Waals surface area contributed by atoms with E-state index in [1.165, 1.54) is 24.3 Å². The first-order valence-electron chi connectivity index (χ1n) is 6.00. The Bertz CT molecular complexity index is 852. The minimum Gasteiger partial charge on any atom is -0.258 e. The van der Waals surface area contributed by atoms with E-state index >= 15 is 0 Å². The van der Waals surface area contributed by atoms with Crippen LogP contribution < -0.4 is 0 Å². The number of hydrogen-bond acceptors (Lipinski definition) is 5. The molecule has 1 aliphatic carbocycles. The molecule has 0 saturated carbocycles. The molecule has 2 aromatic carbocycles. The van der Waals surface area contributed by atoms with Crippen LogP contribution in [-0.2, 0) is 6.42 Å². The summed E-state index contributed by atoms with van der Waals surface area (Å²) in [7, 11) is 0. The molecule has 0 amide bonds. The van der Waals surface area contributed by atoms with Gasteiger partial charge in [0.05, 0.1) is 15.4 Å². The summed E-state index contributed by atoms with van der Waals surface area (Å²) in [5.74, 6) is 0. The molecule has 0 spiro atoms.